The van der Waals surface area contributed by atoms with Crippen LogP contribution in [0.25, 0.3) is 0 Å². The first-order chi connectivity index (χ1) is 9.77. The van der Waals surface area contributed by atoms with Crippen molar-refractivity contribution in [2.24, 2.45) is 4.99 Å². The zero-order valence-electron chi connectivity index (χ0n) is 13.1. The van der Waals surface area contributed by atoms with E-state index in [9.17, 15) is 0 Å². The molecule has 0 aliphatic heterocycles. The van der Waals surface area contributed by atoms with Gasteiger partial charge in [0, 0.05) is 31.7 Å². The maximum atomic E-state index is 5.52. The number of nitrogens with one attached hydrogen (secondary N) is 2. The van der Waals surface area contributed by atoms with Crippen molar-refractivity contribution in [3.63, 3.8) is 0 Å². The molecule has 0 saturated heterocycles. The third kappa shape index (κ3) is 9.26. The number of aromatic nitrogens is 1. The SMILES string of the molecule is CCCCOCCCNC(=NC)NCc1scnc1C.I. The van der Waals surface area contributed by atoms with Gasteiger partial charge in [-0.05, 0) is 19.8 Å². The summed E-state index contributed by atoms with van der Waals surface area (Å²) in [5.74, 6) is 0.825. The van der Waals surface area contributed by atoms with Crippen LogP contribution in [0, 0.1) is 6.92 Å². The van der Waals surface area contributed by atoms with E-state index in [1.54, 1.807) is 18.4 Å². The van der Waals surface area contributed by atoms with Gasteiger partial charge in [-0.25, -0.2) is 4.98 Å². The Labute approximate surface area is 149 Å². The number of aliphatic imine (C=N–C) groups is 1. The molecule has 0 radical (unpaired) electrons. The Hall–Kier alpha value is -0.410. The smallest absolute Gasteiger partial charge is 0.191 e. The number of ether oxygens (including phenoxy) is 1. The monoisotopic (exact) mass is 426 g/mol. The highest BCUT2D eigenvalue weighted by Crippen LogP contribution is 2.10. The normalized spacial score (nSPS) is 11.1. The van der Waals surface area contributed by atoms with E-state index < -0.39 is 0 Å². The summed E-state index contributed by atoms with van der Waals surface area (Å²) in [7, 11) is 1.78. The average molecular weight is 426 g/mol. The van der Waals surface area contributed by atoms with Gasteiger partial charge in [0.2, 0.25) is 0 Å². The van der Waals surface area contributed by atoms with E-state index in [0.717, 1.165) is 50.8 Å². The lowest BCUT2D eigenvalue weighted by Gasteiger charge is -2.11. The van der Waals surface area contributed by atoms with Crippen molar-refractivity contribution in [1.82, 2.24) is 15.6 Å². The number of unbranched alkanes of at least 4 members (excludes halogenated alkanes) is 1. The van der Waals surface area contributed by atoms with Crippen LogP contribution >= 0.6 is 35.3 Å². The molecule has 1 heterocycles. The minimum absolute atomic E-state index is 0. The van der Waals surface area contributed by atoms with Crippen LogP contribution in [-0.2, 0) is 11.3 Å². The van der Waals surface area contributed by atoms with Gasteiger partial charge < -0.3 is 15.4 Å². The van der Waals surface area contributed by atoms with Gasteiger partial charge in [-0.2, -0.15) is 0 Å². The molecule has 0 aliphatic carbocycles. The fourth-order valence-corrected chi connectivity index (χ4v) is 2.33. The Balaban J connectivity index is 0.00000400. The lowest BCUT2D eigenvalue weighted by atomic mass is 10.4. The van der Waals surface area contributed by atoms with Gasteiger partial charge in [0.1, 0.15) is 0 Å². The highest BCUT2D eigenvalue weighted by atomic mass is 127. The molecule has 0 saturated carbocycles. The average Bonchev–Trinajstić information content (AvgIpc) is 2.86. The second kappa shape index (κ2) is 13.3. The minimum atomic E-state index is 0. The van der Waals surface area contributed by atoms with Gasteiger partial charge in [-0.15, -0.1) is 35.3 Å². The zero-order valence-corrected chi connectivity index (χ0v) is 16.3. The topological polar surface area (TPSA) is 58.5 Å². The number of hydrogen-bond donors (Lipinski definition) is 2. The van der Waals surface area contributed by atoms with Crippen LogP contribution in [0.1, 0.15) is 36.8 Å². The first kappa shape index (κ1) is 20.6. The number of halogens is 1. The van der Waals surface area contributed by atoms with Gasteiger partial charge in [0.25, 0.3) is 0 Å². The summed E-state index contributed by atoms with van der Waals surface area (Å²) in [5.41, 5.74) is 2.96. The van der Waals surface area contributed by atoms with E-state index in [1.165, 1.54) is 11.3 Å². The lowest BCUT2D eigenvalue weighted by molar-refractivity contribution is 0.129. The standard InChI is InChI=1S/C14H26N4OS.HI/c1-4-5-8-19-9-6-7-16-14(15-3)17-10-13-12(2)18-11-20-13;/h11H,4-10H2,1-3H3,(H2,15,16,17);1H. The molecule has 21 heavy (non-hydrogen) atoms. The molecule has 0 amide bonds. The number of nitrogens with zero attached hydrogens (tertiary/aromatic N) is 2. The molecule has 0 fully saturated rings. The highest BCUT2D eigenvalue weighted by Gasteiger charge is 2.02. The van der Waals surface area contributed by atoms with Crippen LogP contribution in [0.2, 0.25) is 0 Å². The summed E-state index contributed by atoms with van der Waals surface area (Å²) in [6, 6.07) is 0. The van der Waals surface area contributed by atoms with Crippen LogP contribution in [0.5, 0.6) is 0 Å². The fraction of sp³-hybridized carbons (Fsp3) is 0.714. The van der Waals surface area contributed by atoms with E-state index in [0.29, 0.717) is 0 Å². The van der Waals surface area contributed by atoms with Crippen molar-refractivity contribution in [2.75, 3.05) is 26.8 Å². The Morgan fingerprint density at radius 2 is 2.10 bits per heavy atom. The Bertz CT molecular complexity index is 398. The second-order valence-corrected chi connectivity index (χ2v) is 5.47. The minimum Gasteiger partial charge on any atom is -0.381 e. The molecule has 1 rings (SSSR count). The first-order valence-corrected chi connectivity index (χ1v) is 8.07. The van der Waals surface area contributed by atoms with E-state index in [-0.39, 0.29) is 24.0 Å². The lowest BCUT2D eigenvalue weighted by Crippen LogP contribution is -2.37. The molecule has 122 valence electrons. The summed E-state index contributed by atoms with van der Waals surface area (Å²) in [6.45, 7) is 7.51. The van der Waals surface area contributed by atoms with E-state index >= 15 is 0 Å². The summed E-state index contributed by atoms with van der Waals surface area (Å²) >= 11 is 1.67. The van der Waals surface area contributed by atoms with E-state index in [4.69, 9.17) is 4.74 Å². The molecule has 1 aromatic heterocycles. The number of rotatable bonds is 9. The number of hydrogen-bond acceptors (Lipinski definition) is 4. The summed E-state index contributed by atoms with van der Waals surface area (Å²) in [5, 5.41) is 6.58. The van der Waals surface area contributed by atoms with Gasteiger partial charge in [0.05, 0.1) is 17.7 Å². The summed E-state index contributed by atoms with van der Waals surface area (Å²) < 4.78 is 5.52. The van der Waals surface area contributed by atoms with Gasteiger partial charge in [-0.3, -0.25) is 4.99 Å². The Kier molecular flexibility index (Phi) is 13.0. The molecule has 0 spiro atoms. The Morgan fingerprint density at radius 1 is 1.33 bits per heavy atom. The molecule has 0 aromatic carbocycles. The molecular formula is C14H27IN4OS. The molecule has 0 atom stereocenters. The molecular weight excluding hydrogens is 399 g/mol. The zero-order chi connectivity index (χ0) is 14.6. The predicted molar refractivity (Wildman–Crippen MR) is 101 cm³/mol. The van der Waals surface area contributed by atoms with E-state index in [1.807, 2.05) is 12.4 Å². The molecule has 2 N–H and O–H groups in total. The van der Waals surface area contributed by atoms with Gasteiger partial charge >= 0.3 is 0 Å². The quantitative estimate of drug-likeness (QED) is 0.276. The summed E-state index contributed by atoms with van der Waals surface area (Å²) in [6.07, 6.45) is 3.32. The number of aryl methyl sites for hydroxylation is 1. The van der Waals surface area contributed by atoms with Crippen LogP contribution in [0.4, 0.5) is 0 Å². The Morgan fingerprint density at radius 3 is 2.71 bits per heavy atom. The van der Waals surface area contributed by atoms with Crippen LogP contribution in [0.15, 0.2) is 10.5 Å². The fourth-order valence-electron chi connectivity index (χ4n) is 1.61. The largest absolute Gasteiger partial charge is 0.381 e. The number of thiazole rings is 1. The second-order valence-electron chi connectivity index (χ2n) is 4.53. The van der Waals surface area contributed by atoms with Crippen molar-refractivity contribution in [2.45, 2.75) is 39.7 Å². The van der Waals surface area contributed by atoms with Crippen molar-refractivity contribution < 1.29 is 4.74 Å². The molecule has 7 heteroatoms. The molecule has 0 unspecified atom stereocenters. The van der Waals surface area contributed by atoms with Crippen LogP contribution in [0.3, 0.4) is 0 Å². The van der Waals surface area contributed by atoms with Crippen LogP contribution in [-0.4, -0.2) is 37.7 Å². The van der Waals surface area contributed by atoms with Crippen molar-refractivity contribution in [1.29, 1.82) is 0 Å². The van der Waals surface area contributed by atoms with E-state index in [2.05, 4.69) is 27.5 Å². The number of guanidine groups is 1. The maximum Gasteiger partial charge on any atom is 0.191 e. The van der Waals surface area contributed by atoms with Crippen molar-refractivity contribution in [3.05, 3.63) is 16.1 Å². The predicted octanol–water partition coefficient (Wildman–Crippen LogP) is 2.94. The molecule has 0 aliphatic rings. The third-order valence-corrected chi connectivity index (χ3v) is 3.82. The van der Waals surface area contributed by atoms with Gasteiger partial charge in [-0.1, -0.05) is 13.3 Å². The maximum absolute atomic E-state index is 5.52. The highest BCUT2D eigenvalue weighted by molar-refractivity contribution is 14.0. The molecule has 0 bridgehead atoms. The van der Waals surface area contributed by atoms with Crippen molar-refractivity contribution in [3.8, 4) is 0 Å². The first-order valence-electron chi connectivity index (χ1n) is 7.19. The molecule has 5 nitrogen and oxygen atoms in total. The summed E-state index contributed by atoms with van der Waals surface area (Å²) in [4.78, 5) is 9.68. The van der Waals surface area contributed by atoms with Gasteiger partial charge in [0.15, 0.2) is 5.96 Å². The van der Waals surface area contributed by atoms with Crippen molar-refractivity contribution >= 4 is 41.3 Å². The third-order valence-electron chi connectivity index (χ3n) is 2.88. The van der Waals surface area contributed by atoms with Crippen LogP contribution < -0.4 is 10.6 Å². The molecule has 1 aromatic rings.